The molecule has 0 saturated carbocycles. The second-order valence-electron chi connectivity index (χ2n) is 4.48. The number of hydrogen-bond acceptors (Lipinski definition) is 4. The summed E-state index contributed by atoms with van der Waals surface area (Å²) < 4.78 is 5.34. The van der Waals surface area contributed by atoms with E-state index >= 15 is 0 Å². The van der Waals surface area contributed by atoms with Gasteiger partial charge in [-0.2, -0.15) is 0 Å². The van der Waals surface area contributed by atoms with Crippen LogP contribution >= 0.6 is 0 Å². The molecule has 1 aromatic carbocycles. The van der Waals surface area contributed by atoms with Crippen LogP contribution in [0.5, 0.6) is 0 Å². The molecular weight excluding hydrogens is 244 g/mol. The van der Waals surface area contributed by atoms with Crippen LogP contribution in [0.3, 0.4) is 0 Å². The monoisotopic (exact) mass is 258 g/mol. The summed E-state index contributed by atoms with van der Waals surface area (Å²) in [5, 5.41) is 15.2. The number of aryl methyl sites for hydroxylation is 1. The summed E-state index contributed by atoms with van der Waals surface area (Å²) in [6.45, 7) is 0.131. The van der Waals surface area contributed by atoms with E-state index in [9.17, 15) is 4.79 Å². The number of carbonyl (C=O) groups is 1. The number of aliphatic hydroxyl groups is 1. The molecule has 0 radical (unpaired) electrons. The largest absolute Gasteiger partial charge is 0.395 e. The summed E-state index contributed by atoms with van der Waals surface area (Å²) in [5.41, 5.74) is 3.41. The van der Waals surface area contributed by atoms with E-state index < -0.39 is 0 Å². The molecule has 19 heavy (non-hydrogen) atoms. The van der Waals surface area contributed by atoms with Crippen molar-refractivity contribution in [1.82, 2.24) is 10.5 Å². The van der Waals surface area contributed by atoms with Crippen molar-refractivity contribution in [3.05, 3.63) is 41.1 Å². The predicted molar refractivity (Wildman–Crippen MR) is 68.8 cm³/mol. The molecule has 3 rings (SSSR count). The molecular formula is C14H14N2O3. The molecule has 2 N–H and O–H groups in total. The molecule has 0 spiro atoms. The highest BCUT2D eigenvalue weighted by molar-refractivity contribution is 5.95. The number of carbonyl (C=O) groups excluding carboxylic acids is 1. The number of aromatic nitrogens is 1. The van der Waals surface area contributed by atoms with Crippen molar-refractivity contribution >= 4 is 5.91 Å². The highest BCUT2D eigenvalue weighted by atomic mass is 16.5. The maximum Gasteiger partial charge on any atom is 0.273 e. The highest BCUT2D eigenvalue weighted by Crippen LogP contribution is 2.34. The minimum Gasteiger partial charge on any atom is -0.395 e. The average molecular weight is 258 g/mol. The van der Waals surface area contributed by atoms with E-state index in [-0.39, 0.29) is 19.1 Å². The van der Waals surface area contributed by atoms with E-state index in [2.05, 4.69) is 16.5 Å². The fourth-order valence-corrected chi connectivity index (χ4v) is 2.40. The first kappa shape index (κ1) is 11.9. The summed E-state index contributed by atoms with van der Waals surface area (Å²) >= 11 is 0. The smallest absolute Gasteiger partial charge is 0.273 e. The Kier molecular flexibility index (Phi) is 3.05. The molecule has 1 aliphatic rings. The zero-order chi connectivity index (χ0) is 13.2. The van der Waals surface area contributed by atoms with Crippen LogP contribution in [-0.4, -0.2) is 29.3 Å². The van der Waals surface area contributed by atoms with E-state index in [0.717, 1.165) is 24.0 Å². The zero-order valence-electron chi connectivity index (χ0n) is 10.3. The Balaban J connectivity index is 1.97. The van der Waals surface area contributed by atoms with Crippen LogP contribution in [-0.2, 0) is 12.8 Å². The van der Waals surface area contributed by atoms with Gasteiger partial charge in [-0.15, -0.1) is 0 Å². The van der Waals surface area contributed by atoms with E-state index in [1.54, 1.807) is 0 Å². The molecule has 1 heterocycles. The molecule has 1 aromatic heterocycles. The second kappa shape index (κ2) is 4.85. The Hall–Kier alpha value is -2.14. The van der Waals surface area contributed by atoms with Gasteiger partial charge >= 0.3 is 0 Å². The number of hydrogen-bond donors (Lipinski definition) is 2. The Bertz CT molecular complexity index is 619. The standard InChI is InChI=1S/C14H14N2O3/c17-8-7-15-14(18)12-11-6-5-9-3-1-2-4-10(9)13(11)19-16-12/h1-4,17H,5-8H2,(H,15,18). The van der Waals surface area contributed by atoms with Crippen molar-refractivity contribution in [2.24, 2.45) is 0 Å². The van der Waals surface area contributed by atoms with Gasteiger partial charge in [-0.3, -0.25) is 4.79 Å². The van der Waals surface area contributed by atoms with E-state index in [0.29, 0.717) is 11.5 Å². The third kappa shape index (κ3) is 2.02. The lowest BCUT2D eigenvalue weighted by atomic mass is 9.89. The summed E-state index contributed by atoms with van der Waals surface area (Å²) in [4.78, 5) is 11.9. The van der Waals surface area contributed by atoms with Crippen molar-refractivity contribution in [1.29, 1.82) is 0 Å². The SMILES string of the molecule is O=C(NCCO)c1noc2c1CCc1ccccc1-2. The molecule has 0 atom stereocenters. The van der Waals surface area contributed by atoms with E-state index in [1.807, 2.05) is 18.2 Å². The number of rotatable bonds is 3. The normalized spacial score (nSPS) is 12.7. The maximum absolute atomic E-state index is 11.9. The van der Waals surface area contributed by atoms with Gasteiger partial charge in [0.05, 0.1) is 6.61 Å². The van der Waals surface area contributed by atoms with Gasteiger partial charge < -0.3 is 14.9 Å². The molecule has 0 bridgehead atoms. The van der Waals surface area contributed by atoms with Crippen molar-refractivity contribution in [3.63, 3.8) is 0 Å². The molecule has 0 fully saturated rings. The summed E-state index contributed by atoms with van der Waals surface area (Å²) in [7, 11) is 0. The number of amides is 1. The predicted octanol–water partition coefficient (Wildman–Crippen LogP) is 1.16. The first-order chi connectivity index (χ1) is 9.31. The number of benzene rings is 1. The number of aliphatic hydroxyl groups excluding tert-OH is 1. The Morgan fingerprint density at radius 2 is 2.21 bits per heavy atom. The fraction of sp³-hybridized carbons (Fsp3) is 0.286. The number of nitrogens with one attached hydrogen (secondary N) is 1. The van der Waals surface area contributed by atoms with E-state index in [1.165, 1.54) is 5.56 Å². The van der Waals surface area contributed by atoms with E-state index in [4.69, 9.17) is 9.63 Å². The van der Waals surface area contributed by atoms with Crippen LogP contribution in [0.4, 0.5) is 0 Å². The van der Waals surface area contributed by atoms with Crippen molar-refractivity contribution in [2.75, 3.05) is 13.2 Å². The third-order valence-electron chi connectivity index (χ3n) is 3.31. The zero-order valence-corrected chi connectivity index (χ0v) is 10.3. The highest BCUT2D eigenvalue weighted by Gasteiger charge is 2.26. The summed E-state index contributed by atoms with van der Waals surface area (Å²) in [6.07, 6.45) is 1.63. The van der Waals surface area contributed by atoms with Gasteiger partial charge in [-0.1, -0.05) is 29.4 Å². The minimum absolute atomic E-state index is 0.0887. The van der Waals surface area contributed by atoms with Crippen molar-refractivity contribution in [3.8, 4) is 11.3 Å². The van der Waals surface area contributed by atoms with Crippen LogP contribution in [0, 0.1) is 0 Å². The lowest BCUT2D eigenvalue weighted by Gasteiger charge is -2.14. The Morgan fingerprint density at radius 1 is 1.37 bits per heavy atom. The van der Waals surface area contributed by atoms with Gasteiger partial charge in [0.1, 0.15) is 0 Å². The summed E-state index contributed by atoms with van der Waals surface area (Å²) in [6, 6.07) is 7.98. The second-order valence-corrected chi connectivity index (χ2v) is 4.48. The van der Waals surface area contributed by atoms with Gasteiger partial charge in [0.25, 0.3) is 5.91 Å². The Labute approximate surface area is 110 Å². The van der Waals surface area contributed by atoms with Crippen LogP contribution in [0.15, 0.2) is 28.8 Å². The van der Waals surface area contributed by atoms with Gasteiger partial charge in [0.2, 0.25) is 0 Å². The van der Waals surface area contributed by atoms with Gasteiger partial charge in [0, 0.05) is 17.7 Å². The van der Waals surface area contributed by atoms with Gasteiger partial charge in [0.15, 0.2) is 11.5 Å². The topological polar surface area (TPSA) is 75.4 Å². The van der Waals surface area contributed by atoms with Gasteiger partial charge in [-0.25, -0.2) is 0 Å². The van der Waals surface area contributed by atoms with Crippen LogP contribution in [0.2, 0.25) is 0 Å². The molecule has 5 heteroatoms. The average Bonchev–Trinajstić information content (AvgIpc) is 2.89. The summed E-state index contributed by atoms with van der Waals surface area (Å²) in [5.74, 6) is 0.398. The number of nitrogens with zero attached hydrogens (tertiary/aromatic N) is 1. The molecule has 1 aliphatic carbocycles. The third-order valence-corrected chi connectivity index (χ3v) is 3.31. The molecule has 1 amide bonds. The maximum atomic E-state index is 11.9. The first-order valence-corrected chi connectivity index (χ1v) is 6.27. The van der Waals surface area contributed by atoms with Crippen LogP contribution in [0.1, 0.15) is 21.6 Å². The van der Waals surface area contributed by atoms with Crippen molar-refractivity contribution < 1.29 is 14.4 Å². The first-order valence-electron chi connectivity index (χ1n) is 6.27. The number of fused-ring (bicyclic) bond motifs is 3. The van der Waals surface area contributed by atoms with Crippen molar-refractivity contribution in [2.45, 2.75) is 12.8 Å². The molecule has 0 saturated heterocycles. The molecule has 0 unspecified atom stereocenters. The fourth-order valence-electron chi connectivity index (χ4n) is 2.40. The minimum atomic E-state index is -0.293. The lowest BCUT2D eigenvalue weighted by molar-refractivity contribution is 0.0935. The quantitative estimate of drug-likeness (QED) is 0.866. The van der Waals surface area contributed by atoms with Crippen LogP contribution in [0.25, 0.3) is 11.3 Å². The molecule has 5 nitrogen and oxygen atoms in total. The lowest BCUT2D eigenvalue weighted by Crippen LogP contribution is -2.27. The van der Waals surface area contributed by atoms with Crippen LogP contribution < -0.4 is 5.32 Å². The molecule has 0 aliphatic heterocycles. The molecule has 2 aromatic rings. The van der Waals surface area contributed by atoms with Gasteiger partial charge in [-0.05, 0) is 18.4 Å². The Morgan fingerprint density at radius 3 is 3.05 bits per heavy atom. The molecule has 98 valence electrons.